The Bertz CT molecular complexity index is 1140. The molecular weight excluding hydrogens is 372 g/mol. The van der Waals surface area contributed by atoms with E-state index in [1.54, 1.807) is 0 Å². The van der Waals surface area contributed by atoms with Crippen LogP contribution in [0.3, 0.4) is 0 Å². The van der Waals surface area contributed by atoms with Crippen LogP contribution < -0.4 is 10.2 Å². The fraction of sp³-hybridized carbons (Fsp3) is 0.286. The molecule has 6 nitrogen and oxygen atoms in total. The normalized spacial score (nSPS) is 15.3. The first-order valence-corrected chi connectivity index (χ1v) is 9.95. The minimum absolute atomic E-state index is 0.672. The molecule has 0 atom stereocenters. The predicted molar refractivity (Wildman–Crippen MR) is 113 cm³/mol. The zero-order chi connectivity index (χ0) is 19.1. The fourth-order valence-corrected chi connectivity index (χ4v) is 3.91. The Hall–Kier alpha value is -2.70. The van der Waals surface area contributed by atoms with Gasteiger partial charge in [0, 0.05) is 35.6 Å². The third-order valence-corrected chi connectivity index (χ3v) is 5.45. The Morgan fingerprint density at radius 2 is 1.86 bits per heavy atom. The summed E-state index contributed by atoms with van der Waals surface area (Å²) in [6.07, 6.45) is 1.07. The standard InChI is InChI=1S/C21H21ClN6/c1-14-3-5-15(6-4-14)19-25-26-20-17-8-7-16(22)13-18(17)24-21(28(19)20)27-11-2-9-23-10-12-27/h3-8,13,23H,2,9-12H2,1H3. The van der Waals surface area contributed by atoms with Gasteiger partial charge in [-0.2, -0.15) is 0 Å². The molecule has 7 heteroatoms. The average Bonchev–Trinajstić information content (AvgIpc) is 2.96. The Balaban J connectivity index is 1.80. The van der Waals surface area contributed by atoms with E-state index in [1.807, 2.05) is 18.2 Å². The van der Waals surface area contributed by atoms with Gasteiger partial charge in [-0.15, -0.1) is 10.2 Å². The molecule has 0 saturated carbocycles. The highest BCUT2D eigenvalue weighted by Gasteiger charge is 2.21. The lowest BCUT2D eigenvalue weighted by atomic mass is 10.1. The molecule has 1 saturated heterocycles. The number of aromatic nitrogens is 4. The van der Waals surface area contributed by atoms with E-state index in [2.05, 4.69) is 56.0 Å². The lowest BCUT2D eigenvalue weighted by Gasteiger charge is -2.23. The molecule has 4 aromatic rings. The van der Waals surface area contributed by atoms with Crippen LogP contribution in [0.1, 0.15) is 12.0 Å². The van der Waals surface area contributed by atoms with Crippen molar-refractivity contribution in [2.75, 3.05) is 31.1 Å². The molecule has 0 unspecified atom stereocenters. The number of nitrogens with one attached hydrogen (secondary N) is 1. The molecule has 0 bridgehead atoms. The van der Waals surface area contributed by atoms with Crippen LogP contribution in [-0.4, -0.2) is 45.8 Å². The second-order valence-corrected chi connectivity index (χ2v) is 7.65. The summed E-state index contributed by atoms with van der Waals surface area (Å²) in [6.45, 7) is 5.86. The lowest BCUT2D eigenvalue weighted by molar-refractivity contribution is 0.724. The fourth-order valence-electron chi connectivity index (χ4n) is 3.74. The minimum atomic E-state index is 0.672. The number of benzene rings is 2. The summed E-state index contributed by atoms with van der Waals surface area (Å²) in [5, 5.41) is 14.2. The predicted octanol–water partition coefficient (Wildman–Crippen LogP) is 3.71. The molecule has 0 radical (unpaired) electrons. The molecule has 28 heavy (non-hydrogen) atoms. The Morgan fingerprint density at radius 1 is 1.00 bits per heavy atom. The topological polar surface area (TPSA) is 58.4 Å². The van der Waals surface area contributed by atoms with E-state index in [-0.39, 0.29) is 0 Å². The van der Waals surface area contributed by atoms with Gasteiger partial charge >= 0.3 is 0 Å². The van der Waals surface area contributed by atoms with Crippen molar-refractivity contribution < 1.29 is 0 Å². The molecule has 142 valence electrons. The van der Waals surface area contributed by atoms with E-state index in [4.69, 9.17) is 16.6 Å². The zero-order valence-corrected chi connectivity index (χ0v) is 16.4. The van der Waals surface area contributed by atoms with Crippen molar-refractivity contribution in [2.24, 2.45) is 0 Å². The van der Waals surface area contributed by atoms with E-state index in [9.17, 15) is 0 Å². The molecule has 1 fully saturated rings. The summed E-state index contributed by atoms with van der Waals surface area (Å²) >= 11 is 6.24. The first-order valence-electron chi connectivity index (χ1n) is 9.58. The van der Waals surface area contributed by atoms with E-state index >= 15 is 0 Å². The lowest BCUT2D eigenvalue weighted by Crippen LogP contribution is -2.30. The first-order chi connectivity index (χ1) is 13.7. The maximum atomic E-state index is 6.24. The van der Waals surface area contributed by atoms with Gasteiger partial charge in [0.2, 0.25) is 5.95 Å². The van der Waals surface area contributed by atoms with Crippen molar-refractivity contribution >= 4 is 34.1 Å². The number of nitrogens with zero attached hydrogens (tertiary/aromatic N) is 5. The molecule has 3 heterocycles. The molecule has 1 aliphatic heterocycles. The SMILES string of the molecule is Cc1ccc(-c2nnc3c4ccc(Cl)cc4nc(N4CCCNCC4)n23)cc1. The number of aryl methyl sites for hydroxylation is 1. The number of hydrogen-bond donors (Lipinski definition) is 1. The van der Waals surface area contributed by atoms with Gasteiger partial charge in [0.15, 0.2) is 11.5 Å². The van der Waals surface area contributed by atoms with Gasteiger partial charge < -0.3 is 10.2 Å². The molecule has 0 amide bonds. The Kier molecular flexibility index (Phi) is 4.37. The van der Waals surface area contributed by atoms with Crippen molar-refractivity contribution in [1.82, 2.24) is 24.9 Å². The highest BCUT2D eigenvalue weighted by molar-refractivity contribution is 6.31. The van der Waals surface area contributed by atoms with E-state index in [1.165, 1.54) is 5.56 Å². The Morgan fingerprint density at radius 3 is 2.71 bits per heavy atom. The average molecular weight is 393 g/mol. The van der Waals surface area contributed by atoms with E-state index < -0.39 is 0 Å². The molecule has 2 aromatic carbocycles. The minimum Gasteiger partial charge on any atom is -0.341 e. The van der Waals surface area contributed by atoms with E-state index in [0.29, 0.717) is 5.02 Å². The first kappa shape index (κ1) is 17.4. The summed E-state index contributed by atoms with van der Waals surface area (Å²) in [5.74, 6) is 1.68. The van der Waals surface area contributed by atoms with Crippen LogP contribution >= 0.6 is 11.6 Å². The van der Waals surface area contributed by atoms with Crippen molar-refractivity contribution in [3.05, 3.63) is 53.1 Å². The number of hydrogen-bond acceptors (Lipinski definition) is 5. The Labute approximate surface area is 168 Å². The van der Waals surface area contributed by atoms with Crippen molar-refractivity contribution in [1.29, 1.82) is 0 Å². The smallest absolute Gasteiger partial charge is 0.213 e. The van der Waals surface area contributed by atoms with Gasteiger partial charge in [-0.05, 0) is 38.1 Å². The maximum absolute atomic E-state index is 6.24. The third kappa shape index (κ3) is 2.99. The number of anilines is 1. The van der Waals surface area contributed by atoms with Crippen LogP contribution in [0.25, 0.3) is 27.9 Å². The molecule has 0 spiro atoms. The number of halogens is 1. The second kappa shape index (κ2) is 7.04. The van der Waals surface area contributed by atoms with Crippen molar-refractivity contribution in [2.45, 2.75) is 13.3 Å². The van der Waals surface area contributed by atoms with Gasteiger partial charge in [-0.1, -0.05) is 41.4 Å². The van der Waals surface area contributed by atoms with Crippen molar-refractivity contribution in [3.8, 4) is 11.4 Å². The van der Waals surface area contributed by atoms with Crippen LogP contribution in [0.15, 0.2) is 42.5 Å². The van der Waals surface area contributed by atoms with Gasteiger partial charge in [0.05, 0.1) is 5.52 Å². The van der Waals surface area contributed by atoms with Crippen LogP contribution in [-0.2, 0) is 0 Å². The number of fused-ring (bicyclic) bond motifs is 3. The van der Waals surface area contributed by atoms with Gasteiger partial charge in [-0.3, -0.25) is 0 Å². The molecule has 2 aromatic heterocycles. The van der Waals surface area contributed by atoms with Crippen molar-refractivity contribution in [3.63, 3.8) is 0 Å². The maximum Gasteiger partial charge on any atom is 0.213 e. The van der Waals surface area contributed by atoms with Crippen LogP contribution in [0.4, 0.5) is 5.95 Å². The molecule has 1 N–H and O–H groups in total. The summed E-state index contributed by atoms with van der Waals surface area (Å²) in [6, 6.07) is 14.1. The summed E-state index contributed by atoms with van der Waals surface area (Å²) in [4.78, 5) is 7.32. The summed E-state index contributed by atoms with van der Waals surface area (Å²) in [5.41, 5.74) is 3.90. The highest BCUT2D eigenvalue weighted by Crippen LogP contribution is 2.30. The zero-order valence-electron chi connectivity index (χ0n) is 15.7. The molecular formula is C21H21ClN6. The third-order valence-electron chi connectivity index (χ3n) is 5.22. The number of rotatable bonds is 2. The molecule has 5 rings (SSSR count). The quantitative estimate of drug-likeness (QED) is 0.563. The van der Waals surface area contributed by atoms with Gasteiger partial charge in [-0.25, -0.2) is 9.38 Å². The van der Waals surface area contributed by atoms with Crippen LogP contribution in [0, 0.1) is 6.92 Å². The molecule has 1 aliphatic rings. The summed E-state index contributed by atoms with van der Waals surface area (Å²) < 4.78 is 2.09. The van der Waals surface area contributed by atoms with E-state index in [0.717, 1.165) is 66.5 Å². The monoisotopic (exact) mass is 392 g/mol. The van der Waals surface area contributed by atoms with Gasteiger partial charge in [0.1, 0.15) is 0 Å². The second-order valence-electron chi connectivity index (χ2n) is 7.21. The largest absolute Gasteiger partial charge is 0.341 e. The summed E-state index contributed by atoms with van der Waals surface area (Å²) in [7, 11) is 0. The van der Waals surface area contributed by atoms with Gasteiger partial charge in [0.25, 0.3) is 0 Å². The highest BCUT2D eigenvalue weighted by atomic mass is 35.5. The molecule has 0 aliphatic carbocycles. The van der Waals surface area contributed by atoms with Crippen LogP contribution in [0.5, 0.6) is 0 Å². The van der Waals surface area contributed by atoms with Crippen LogP contribution in [0.2, 0.25) is 5.02 Å².